The van der Waals surface area contributed by atoms with E-state index in [0.29, 0.717) is 22.3 Å². The quantitative estimate of drug-likeness (QED) is 0.476. The highest BCUT2D eigenvalue weighted by Crippen LogP contribution is 2.35. The molecule has 1 saturated heterocycles. The van der Waals surface area contributed by atoms with E-state index in [-0.39, 0.29) is 16.6 Å². The smallest absolute Gasteiger partial charge is 0.326 e. The maximum atomic E-state index is 12.7. The van der Waals surface area contributed by atoms with E-state index in [9.17, 15) is 14.7 Å². The van der Waals surface area contributed by atoms with Gasteiger partial charge in [-0.15, -0.1) is 0 Å². The van der Waals surface area contributed by atoms with Gasteiger partial charge in [0.1, 0.15) is 22.7 Å². The first-order chi connectivity index (χ1) is 13.9. The number of thioether (sulfide) groups is 1. The average molecular weight is 448 g/mol. The molecule has 0 bridgehead atoms. The number of halogens is 1. The van der Waals surface area contributed by atoms with Crippen molar-refractivity contribution in [3.05, 3.63) is 69.6 Å². The second-order valence-corrected chi connectivity index (χ2v) is 8.41. The molecule has 150 valence electrons. The van der Waals surface area contributed by atoms with E-state index in [1.807, 2.05) is 36.4 Å². The summed E-state index contributed by atoms with van der Waals surface area (Å²) in [5.41, 5.74) is 1.75. The summed E-state index contributed by atoms with van der Waals surface area (Å²) in [6.45, 7) is 2.10. The molecule has 1 amide bonds. The zero-order chi connectivity index (χ0) is 21.0. The van der Waals surface area contributed by atoms with Gasteiger partial charge in [-0.1, -0.05) is 66.8 Å². The number of carbonyl (C=O) groups excluding carboxylic acids is 1. The van der Waals surface area contributed by atoms with E-state index in [0.717, 1.165) is 22.9 Å². The summed E-state index contributed by atoms with van der Waals surface area (Å²) in [5.74, 6) is -0.800. The summed E-state index contributed by atoms with van der Waals surface area (Å²) >= 11 is 12.2. The van der Waals surface area contributed by atoms with Crippen LogP contribution in [0.5, 0.6) is 5.75 Å². The van der Waals surface area contributed by atoms with Gasteiger partial charge in [0.2, 0.25) is 0 Å². The summed E-state index contributed by atoms with van der Waals surface area (Å²) in [5, 5.41) is 10.0. The number of nitrogens with zero attached hydrogens (tertiary/aromatic N) is 1. The predicted molar refractivity (Wildman–Crippen MR) is 119 cm³/mol. The molecule has 1 atom stereocenters. The van der Waals surface area contributed by atoms with E-state index >= 15 is 0 Å². The molecule has 1 unspecified atom stereocenters. The molecule has 0 aliphatic carbocycles. The zero-order valence-corrected chi connectivity index (χ0v) is 17.9. The Morgan fingerprint density at radius 3 is 2.69 bits per heavy atom. The molecule has 0 radical (unpaired) electrons. The van der Waals surface area contributed by atoms with Gasteiger partial charge in [0, 0.05) is 5.02 Å². The number of carbonyl (C=O) groups is 2. The highest BCUT2D eigenvalue weighted by molar-refractivity contribution is 8.26. The third kappa shape index (κ3) is 5.18. The van der Waals surface area contributed by atoms with Crippen molar-refractivity contribution in [2.45, 2.75) is 26.0 Å². The summed E-state index contributed by atoms with van der Waals surface area (Å²) < 4.78 is 6.07. The first-order valence-electron chi connectivity index (χ1n) is 8.86. The summed E-state index contributed by atoms with van der Waals surface area (Å²) in [7, 11) is 0. The molecule has 1 fully saturated rings. The van der Waals surface area contributed by atoms with E-state index in [1.165, 1.54) is 4.90 Å². The van der Waals surface area contributed by atoms with Crippen molar-refractivity contribution in [2.75, 3.05) is 0 Å². The Balaban J connectivity index is 1.74. The molecule has 1 heterocycles. The van der Waals surface area contributed by atoms with Crippen LogP contribution in [0.25, 0.3) is 6.08 Å². The van der Waals surface area contributed by atoms with E-state index in [4.69, 9.17) is 28.6 Å². The third-order valence-corrected chi connectivity index (χ3v) is 5.86. The van der Waals surface area contributed by atoms with Crippen molar-refractivity contribution in [2.24, 2.45) is 0 Å². The monoisotopic (exact) mass is 447 g/mol. The van der Waals surface area contributed by atoms with Gasteiger partial charge < -0.3 is 9.84 Å². The summed E-state index contributed by atoms with van der Waals surface area (Å²) in [4.78, 5) is 25.7. The number of rotatable bonds is 7. The van der Waals surface area contributed by atoms with Gasteiger partial charge in [-0.05, 0) is 47.9 Å². The largest absolute Gasteiger partial charge is 0.489 e. The number of aliphatic carboxylic acids is 1. The third-order valence-electron chi connectivity index (χ3n) is 4.28. The highest BCUT2D eigenvalue weighted by Gasteiger charge is 2.39. The number of hydrogen-bond acceptors (Lipinski definition) is 5. The maximum absolute atomic E-state index is 12.7. The molecule has 0 aromatic heterocycles. The second kappa shape index (κ2) is 9.43. The van der Waals surface area contributed by atoms with Crippen LogP contribution in [0.2, 0.25) is 5.02 Å². The number of amides is 1. The lowest BCUT2D eigenvalue weighted by Gasteiger charge is -2.21. The van der Waals surface area contributed by atoms with Gasteiger partial charge in [-0.25, -0.2) is 4.79 Å². The summed E-state index contributed by atoms with van der Waals surface area (Å²) in [6.07, 6.45) is 1.98. The fourth-order valence-corrected chi connectivity index (χ4v) is 4.29. The molecule has 2 aromatic carbocycles. The standard InChI is InChI=1S/C21H18ClNO4S2/c1-2-17(20(25)26)23-19(24)18(29-21(23)28)11-14-4-3-5-16(10-14)27-12-13-6-8-15(22)9-7-13/h3-11,17H,2,12H2,1H3,(H,25,26). The van der Waals surface area contributed by atoms with E-state index in [1.54, 1.807) is 25.1 Å². The minimum Gasteiger partial charge on any atom is -0.489 e. The molecule has 0 spiro atoms. The average Bonchev–Trinajstić information content (AvgIpc) is 2.96. The van der Waals surface area contributed by atoms with Crippen LogP contribution >= 0.6 is 35.6 Å². The maximum Gasteiger partial charge on any atom is 0.326 e. The van der Waals surface area contributed by atoms with Gasteiger partial charge in [0.25, 0.3) is 5.91 Å². The Morgan fingerprint density at radius 2 is 2.03 bits per heavy atom. The van der Waals surface area contributed by atoms with Crippen LogP contribution in [-0.4, -0.2) is 32.2 Å². The number of carboxylic acid groups (broad SMARTS) is 1. The molecule has 1 N–H and O–H groups in total. The van der Waals surface area contributed by atoms with Crippen LogP contribution in [0.15, 0.2) is 53.4 Å². The molecule has 1 aliphatic heterocycles. The Kier molecular flexibility index (Phi) is 6.95. The zero-order valence-electron chi connectivity index (χ0n) is 15.5. The number of thiocarbonyl (C=S) groups is 1. The lowest BCUT2D eigenvalue weighted by molar-refractivity contribution is -0.145. The molecule has 8 heteroatoms. The molecule has 0 saturated carbocycles. The van der Waals surface area contributed by atoms with Gasteiger partial charge in [-0.3, -0.25) is 9.69 Å². The predicted octanol–water partition coefficient (Wildman–Crippen LogP) is 4.98. The van der Waals surface area contributed by atoms with Crippen molar-refractivity contribution in [1.82, 2.24) is 4.90 Å². The van der Waals surface area contributed by atoms with Crippen molar-refractivity contribution >= 4 is 57.9 Å². The van der Waals surface area contributed by atoms with Crippen molar-refractivity contribution < 1.29 is 19.4 Å². The van der Waals surface area contributed by atoms with Crippen LogP contribution in [0, 0.1) is 0 Å². The van der Waals surface area contributed by atoms with Crippen molar-refractivity contribution in [1.29, 1.82) is 0 Å². The number of carboxylic acids is 1. The molecule has 3 rings (SSSR count). The number of hydrogen-bond donors (Lipinski definition) is 1. The Hall–Kier alpha value is -2.35. The normalized spacial score (nSPS) is 16.3. The lowest BCUT2D eigenvalue weighted by atomic mass is 10.1. The molecule has 5 nitrogen and oxygen atoms in total. The first kappa shape index (κ1) is 21.4. The van der Waals surface area contributed by atoms with E-state index < -0.39 is 12.0 Å². The Morgan fingerprint density at radius 1 is 1.31 bits per heavy atom. The Labute approximate surface area is 183 Å². The minimum absolute atomic E-state index is 0.255. The lowest BCUT2D eigenvalue weighted by Crippen LogP contribution is -2.43. The SMILES string of the molecule is CCC(C(=O)O)N1C(=O)C(=Cc2cccc(OCc3ccc(Cl)cc3)c2)SC1=S. The van der Waals surface area contributed by atoms with E-state index in [2.05, 4.69) is 0 Å². The fourth-order valence-electron chi connectivity index (χ4n) is 2.81. The second-order valence-electron chi connectivity index (χ2n) is 6.30. The first-order valence-corrected chi connectivity index (χ1v) is 10.5. The van der Waals surface area contributed by atoms with Crippen molar-refractivity contribution in [3.63, 3.8) is 0 Å². The van der Waals surface area contributed by atoms with Gasteiger partial charge in [0.15, 0.2) is 0 Å². The van der Waals surface area contributed by atoms with Gasteiger partial charge in [0.05, 0.1) is 4.91 Å². The topological polar surface area (TPSA) is 66.8 Å². The van der Waals surface area contributed by atoms with Crippen LogP contribution in [0.1, 0.15) is 24.5 Å². The van der Waals surface area contributed by atoms with Gasteiger partial charge in [-0.2, -0.15) is 0 Å². The molecular formula is C21H18ClNO4S2. The minimum atomic E-state index is -1.07. The fraction of sp³-hybridized carbons (Fsp3) is 0.190. The molecule has 2 aromatic rings. The van der Waals surface area contributed by atoms with Gasteiger partial charge >= 0.3 is 5.97 Å². The number of benzene rings is 2. The van der Waals surface area contributed by atoms with Crippen LogP contribution < -0.4 is 4.74 Å². The molecule has 1 aliphatic rings. The molecule has 29 heavy (non-hydrogen) atoms. The van der Waals surface area contributed by atoms with Crippen LogP contribution in [0.4, 0.5) is 0 Å². The van der Waals surface area contributed by atoms with Crippen LogP contribution in [0.3, 0.4) is 0 Å². The summed E-state index contributed by atoms with van der Waals surface area (Å²) in [6, 6.07) is 13.8. The molecular weight excluding hydrogens is 430 g/mol. The number of ether oxygens (including phenoxy) is 1. The Bertz CT molecular complexity index is 975. The highest BCUT2D eigenvalue weighted by atomic mass is 35.5. The van der Waals surface area contributed by atoms with Crippen molar-refractivity contribution in [3.8, 4) is 5.75 Å². The van der Waals surface area contributed by atoms with Crippen LogP contribution in [-0.2, 0) is 16.2 Å².